The fourth-order valence-electron chi connectivity index (χ4n) is 2.09. The average molecular weight is 334 g/mol. The standard InChI is InChI=1S/C16H20N2O6/c1-10(19)17-13(9-11-5-3-2-4-6-11)15(22)18-12(16(23)24)7-8-14(20)21/h2-6,12-13H,7-9H2,1H3,(H,17,19)(H,18,22)(H,20,21)(H,23,24)/p-2/t12-,13+/m0/s1. The van der Waals surface area contributed by atoms with Gasteiger partial charge in [-0.15, -0.1) is 0 Å². The Morgan fingerprint density at radius 3 is 2.12 bits per heavy atom. The Morgan fingerprint density at radius 2 is 1.62 bits per heavy atom. The maximum Gasteiger partial charge on any atom is 0.243 e. The van der Waals surface area contributed by atoms with Crippen LogP contribution in [0.5, 0.6) is 0 Å². The zero-order valence-electron chi connectivity index (χ0n) is 13.1. The van der Waals surface area contributed by atoms with Crippen LogP contribution in [0.3, 0.4) is 0 Å². The van der Waals surface area contributed by atoms with E-state index in [2.05, 4.69) is 10.6 Å². The molecule has 0 unspecified atom stereocenters. The van der Waals surface area contributed by atoms with Gasteiger partial charge in [-0.25, -0.2) is 0 Å². The lowest BCUT2D eigenvalue weighted by Gasteiger charge is -2.24. The van der Waals surface area contributed by atoms with Crippen LogP contribution in [0.15, 0.2) is 30.3 Å². The first-order valence-corrected chi connectivity index (χ1v) is 7.31. The summed E-state index contributed by atoms with van der Waals surface area (Å²) in [6.45, 7) is 1.23. The SMILES string of the molecule is CC(=O)N[C@H](Cc1ccccc1)C(=O)N[C@@H](CCC(=O)[O-])C(=O)[O-]. The normalized spacial score (nSPS) is 12.7. The second-order valence-corrected chi connectivity index (χ2v) is 5.23. The van der Waals surface area contributed by atoms with Gasteiger partial charge < -0.3 is 30.4 Å². The van der Waals surface area contributed by atoms with Crippen LogP contribution in [0.1, 0.15) is 25.3 Å². The minimum atomic E-state index is -1.61. The van der Waals surface area contributed by atoms with E-state index in [1.165, 1.54) is 6.92 Å². The van der Waals surface area contributed by atoms with Crippen molar-refractivity contribution in [3.8, 4) is 0 Å². The number of nitrogens with one attached hydrogen (secondary N) is 2. The summed E-state index contributed by atoms with van der Waals surface area (Å²) in [5, 5.41) is 26.1. The summed E-state index contributed by atoms with van der Waals surface area (Å²) in [6.07, 6.45) is -0.747. The van der Waals surface area contributed by atoms with E-state index in [0.29, 0.717) is 0 Å². The van der Waals surface area contributed by atoms with Gasteiger partial charge in [-0.05, 0) is 18.4 Å². The Kier molecular flexibility index (Phi) is 7.41. The molecular formula is C16H18N2O6-2. The Morgan fingerprint density at radius 1 is 1.00 bits per heavy atom. The Labute approximate surface area is 138 Å². The molecule has 0 saturated heterocycles. The number of carboxylic acid groups (broad SMARTS) is 2. The molecule has 24 heavy (non-hydrogen) atoms. The molecule has 1 aromatic rings. The molecule has 0 radical (unpaired) electrons. The van der Waals surface area contributed by atoms with Gasteiger partial charge in [-0.1, -0.05) is 30.3 Å². The van der Waals surface area contributed by atoms with Crippen LogP contribution < -0.4 is 20.8 Å². The van der Waals surface area contributed by atoms with E-state index in [9.17, 15) is 29.4 Å². The summed E-state index contributed by atoms with van der Waals surface area (Å²) in [6, 6.07) is 6.37. The van der Waals surface area contributed by atoms with Crippen molar-refractivity contribution in [2.75, 3.05) is 0 Å². The maximum atomic E-state index is 12.3. The van der Waals surface area contributed by atoms with Crippen LogP contribution in [0.4, 0.5) is 0 Å². The molecule has 0 aliphatic heterocycles. The molecule has 0 aliphatic carbocycles. The molecule has 8 nitrogen and oxygen atoms in total. The predicted octanol–water partition coefficient (Wildman–Crippen LogP) is -2.50. The van der Waals surface area contributed by atoms with Crippen molar-refractivity contribution < 1.29 is 29.4 Å². The van der Waals surface area contributed by atoms with Crippen molar-refractivity contribution >= 4 is 23.8 Å². The lowest BCUT2D eigenvalue weighted by atomic mass is 10.0. The van der Waals surface area contributed by atoms with Crippen LogP contribution in [0, 0.1) is 0 Å². The van der Waals surface area contributed by atoms with Crippen molar-refractivity contribution in [3.63, 3.8) is 0 Å². The summed E-state index contributed by atoms with van der Waals surface area (Å²) >= 11 is 0. The van der Waals surface area contributed by atoms with E-state index in [0.717, 1.165) is 5.56 Å². The van der Waals surface area contributed by atoms with Crippen LogP contribution in [0.25, 0.3) is 0 Å². The molecule has 130 valence electrons. The average Bonchev–Trinajstić information content (AvgIpc) is 2.50. The molecule has 0 saturated carbocycles. The van der Waals surface area contributed by atoms with Gasteiger partial charge in [-0.3, -0.25) is 9.59 Å². The molecule has 2 N–H and O–H groups in total. The van der Waals surface area contributed by atoms with E-state index in [1.807, 2.05) is 0 Å². The summed E-state index contributed by atoms with van der Waals surface area (Å²) in [7, 11) is 0. The van der Waals surface area contributed by atoms with E-state index in [-0.39, 0.29) is 12.8 Å². The third kappa shape index (κ3) is 6.91. The first-order chi connectivity index (χ1) is 11.3. The van der Waals surface area contributed by atoms with Gasteiger partial charge in [0.25, 0.3) is 0 Å². The van der Waals surface area contributed by atoms with Crippen molar-refractivity contribution in [2.24, 2.45) is 0 Å². The molecule has 2 atom stereocenters. The minimum Gasteiger partial charge on any atom is -0.550 e. The fraction of sp³-hybridized carbons (Fsp3) is 0.375. The zero-order chi connectivity index (χ0) is 18.1. The van der Waals surface area contributed by atoms with Crippen molar-refractivity contribution in [1.82, 2.24) is 10.6 Å². The molecule has 2 amide bonds. The number of hydrogen-bond acceptors (Lipinski definition) is 6. The molecule has 1 aromatic carbocycles. The maximum absolute atomic E-state index is 12.3. The van der Waals surface area contributed by atoms with Gasteiger partial charge in [0, 0.05) is 19.3 Å². The second-order valence-electron chi connectivity index (χ2n) is 5.23. The van der Waals surface area contributed by atoms with Crippen LogP contribution in [-0.4, -0.2) is 35.8 Å². The number of carboxylic acids is 2. The van der Waals surface area contributed by atoms with Gasteiger partial charge in [0.1, 0.15) is 6.04 Å². The monoisotopic (exact) mass is 334 g/mol. The summed E-state index contributed by atoms with van der Waals surface area (Å²) in [4.78, 5) is 45.0. The number of benzene rings is 1. The fourth-order valence-corrected chi connectivity index (χ4v) is 2.09. The zero-order valence-corrected chi connectivity index (χ0v) is 13.1. The molecule has 0 fully saturated rings. The number of carbonyl (C=O) groups is 4. The Hall–Kier alpha value is -2.90. The van der Waals surface area contributed by atoms with Crippen molar-refractivity contribution in [3.05, 3.63) is 35.9 Å². The molecule has 0 spiro atoms. The molecule has 0 aromatic heterocycles. The van der Waals surface area contributed by atoms with Gasteiger partial charge in [0.15, 0.2) is 0 Å². The highest BCUT2D eigenvalue weighted by atomic mass is 16.4. The highest BCUT2D eigenvalue weighted by Crippen LogP contribution is 2.05. The molecule has 8 heteroatoms. The van der Waals surface area contributed by atoms with E-state index in [4.69, 9.17) is 0 Å². The predicted molar refractivity (Wildman–Crippen MR) is 78.9 cm³/mol. The molecule has 0 heterocycles. The van der Waals surface area contributed by atoms with E-state index in [1.54, 1.807) is 30.3 Å². The Balaban J connectivity index is 2.79. The Bertz CT molecular complexity index is 602. The number of aliphatic carboxylic acids is 2. The highest BCUT2D eigenvalue weighted by molar-refractivity contribution is 5.90. The molecule has 0 aliphatic rings. The number of amides is 2. The van der Waals surface area contributed by atoms with Crippen LogP contribution >= 0.6 is 0 Å². The summed E-state index contributed by atoms with van der Waals surface area (Å²) in [5.74, 6) is -4.23. The summed E-state index contributed by atoms with van der Waals surface area (Å²) < 4.78 is 0. The molecule has 0 bridgehead atoms. The lowest BCUT2D eigenvalue weighted by molar-refractivity contribution is -0.310. The van der Waals surface area contributed by atoms with Crippen LogP contribution in [-0.2, 0) is 25.6 Å². The minimum absolute atomic E-state index is 0.159. The van der Waals surface area contributed by atoms with Gasteiger partial charge in [0.05, 0.1) is 12.0 Å². The van der Waals surface area contributed by atoms with Gasteiger partial charge in [0.2, 0.25) is 11.8 Å². The third-order valence-corrected chi connectivity index (χ3v) is 3.21. The number of hydrogen-bond donors (Lipinski definition) is 2. The first-order valence-electron chi connectivity index (χ1n) is 7.31. The van der Waals surface area contributed by atoms with E-state index < -0.39 is 42.3 Å². The molecular weight excluding hydrogens is 316 g/mol. The van der Waals surface area contributed by atoms with Gasteiger partial charge in [-0.2, -0.15) is 0 Å². The second kappa shape index (κ2) is 9.29. The van der Waals surface area contributed by atoms with Crippen molar-refractivity contribution in [1.29, 1.82) is 0 Å². The smallest absolute Gasteiger partial charge is 0.243 e. The summed E-state index contributed by atoms with van der Waals surface area (Å²) in [5.41, 5.74) is 0.770. The number of rotatable bonds is 9. The largest absolute Gasteiger partial charge is 0.550 e. The van der Waals surface area contributed by atoms with Crippen LogP contribution in [0.2, 0.25) is 0 Å². The molecule has 1 rings (SSSR count). The van der Waals surface area contributed by atoms with Crippen molar-refractivity contribution in [2.45, 2.75) is 38.3 Å². The number of carbonyl (C=O) groups excluding carboxylic acids is 4. The lowest BCUT2D eigenvalue weighted by Crippen LogP contribution is -2.55. The topological polar surface area (TPSA) is 138 Å². The third-order valence-electron chi connectivity index (χ3n) is 3.21. The quantitative estimate of drug-likeness (QED) is 0.512. The first kappa shape index (κ1) is 19.1. The van der Waals surface area contributed by atoms with Gasteiger partial charge >= 0.3 is 0 Å². The highest BCUT2D eigenvalue weighted by Gasteiger charge is 2.23. The van der Waals surface area contributed by atoms with E-state index >= 15 is 0 Å².